The largest absolute Gasteiger partial charge is 0.482 e. The second kappa shape index (κ2) is 5.02. The third kappa shape index (κ3) is 3.13. The zero-order chi connectivity index (χ0) is 11.4. The minimum Gasteiger partial charge on any atom is -0.482 e. The lowest BCUT2D eigenvalue weighted by atomic mass is 10.2. The number of amidine groups is 1. The number of hydrogen-bond donors (Lipinski definition) is 2. The Morgan fingerprint density at radius 2 is 2.27 bits per heavy atom. The van der Waals surface area contributed by atoms with Crippen molar-refractivity contribution in [2.75, 3.05) is 0 Å². The van der Waals surface area contributed by atoms with Crippen molar-refractivity contribution in [3.8, 4) is 5.75 Å². The van der Waals surface area contributed by atoms with Crippen molar-refractivity contribution < 1.29 is 9.94 Å². The van der Waals surface area contributed by atoms with Gasteiger partial charge in [0.25, 0.3) is 0 Å². The Labute approximate surface area is 96.9 Å². The molecule has 1 aromatic carbocycles. The van der Waals surface area contributed by atoms with E-state index in [9.17, 15) is 0 Å². The summed E-state index contributed by atoms with van der Waals surface area (Å²) in [6.07, 6.45) is -0.464. The number of halogens is 1. The van der Waals surface area contributed by atoms with Gasteiger partial charge in [-0.1, -0.05) is 11.2 Å². The average Bonchev–Trinajstić information content (AvgIpc) is 2.20. The summed E-state index contributed by atoms with van der Waals surface area (Å²) in [5, 5.41) is 11.4. The van der Waals surface area contributed by atoms with Gasteiger partial charge in [0.2, 0.25) is 0 Å². The normalized spacial score (nSPS) is 13.7. The molecule has 4 nitrogen and oxygen atoms in total. The Morgan fingerprint density at radius 1 is 1.60 bits per heavy atom. The van der Waals surface area contributed by atoms with Crippen molar-refractivity contribution in [3.63, 3.8) is 0 Å². The predicted octanol–water partition coefficient (Wildman–Crippen LogP) is 2.27. The van der Waals surface area contributed by atoms with E-state index in [1.54, 1.807) is 6.92 Å². The van der Waals surface area contributed by atoms with Gasteiger partial charge in [0.05, 0.1) is 4.47 Å². The molecule has 0 saturated heterocycles. The van der Waals surface area contributed by atoms with E-state index in [2.05, 4.69) is 21.1 Å². The summed E-state index contributed by atoms with van der Waals surface area (Å²) < 4.78 is 6.34. The molecule has 0 bridgehead atoms. The second-order valence-corrected chi connectivity index (χ2v) is 4.07. The third-order valence-electron chi connectivity index (χ3n) is 1.92. The molecule has 1 aromatic rings. The number of nitrogens with zero attached hydrogens (tertiary/aromatic N) is 1. The molecule has 0 saturated carbocycles. The summed E-state index contributed by atoms with van der Waals surface area (Å²) >= 11 is 3.38. The van der Waals surface area contributed by atoms with Gasteiger partial charge in [-0.05, 0) is 47.5 Å². The lowest BCUT2D eigenvalue weighted by Gasteiger charge is -2.14. The molecular formula is C10H13BrN2O2. The van der Waals surface area contributed by atoms with Gasteiger partial charge in [-0.3, -0.25) is 0 Å². The fourth-order valence-electron chi connectivity index (χ4n) is 1.03. The summed E-state index contributed by atoms with van der Waals surface area (Å²) in [4.78, 5) is 0. The topological polar surface area (TPSA) is 67.8 Å². The maximum absolute atomic E-state index is 8.47. The first kappa shape index (κ1) is 11.8. The molecule has 0 aliphatic heterocycles. The van der Waals surface area contributed by atoms with E-state index in [0.717, 1.165) is 10.0 Å². The van der Waals surface area contributed by atoms with Crippen LogP contribution in [0.1, 0.15) is 12.5 Å². The molecule has 1 unspecified atom stereocenters. The minimum atomic E-state index is -0.464. The Hall–Kier alpha value is -1.23. The Balaban J connectivity index is 2.81. The van der Waals surface area contributed by atoms with Crippen LogP contribution in [-0.2, 0) is 0 Å². The lowest BCUT2D eigenvalue weighted by molar-refractivity contribution is 0.264. The molecule has 0 fully saturated rings. The molecule has 0 radical (unpaired) electrons. The highest BCUT2D eigenvalue weighted by Crippen LogP contribution is 2.26. The first-order valence-electron chi connectivity index (χ1n) is 4.45. The number of rotatable bonds is 3. The van der Waals surface area contributed by atoms with E-state index in [4.69, 9.17) is 15.7 Å². The van der Waals surface area contributed by atoms with Gasteiger partial charge in [-0.25, -0.2) is 0 Å². The summed E-state index contributed by atoms with van der Waals surface area (Å²) in [5.41, 5.74) is 6.53. The molecule has 15 heavy (non-hydrogen) atoms. The molecule has 5 heteroatoms. The van der Waals surface area contributed by atoms with Gasteiger partial charge in [-0.15, -0.1) is 0 Å². The molecule has 1 atom stereocenters. The maximum atomic E-state index is 8.47. The monoisotopic (exact) mass is 272 g/mol. The van der Waals surface area contributed by atoms with Crippen LogP contribution < -0.4 is 10.5 Å². The SMILES string of the molecule is Cc1ccc(OC(C)C(N)=NO)c(Br)c1. The molecule has 0 spiro atoms. The smallest absolute Gasteiger partial charge is 0.180 e. The summed E-state index contributed by atoms with van der Waals surface area (Å²) in [5.74, 6) is 0.710. The van der Waals surface area contributed by atoms with Crippen molar-refractivity contribution in [2.24, 2.45) is 10.9 Å². The van der Waals surface area contributed by atoms with Crippen molar-refractivity contribution in [3.05, 3.63) is 28.2 Å². The van der Waals surface area contributed by atoms with Gasteiger partial charge < -0.3 is 15.7 Å². The van der Waals surface area contributed by atoms with Crippen molar-refractivity contribution in [2.45, 2.75) is 20.0 Å². The van der Waals surface area contributed by atoms with Crippen LogP contribution in [0.15, 0.2) is 27.8 Å². The van der Waals surface area contributed by atoms with E-state index in [-0.39, 0.29) is 5.84 Å². The fraction of sp³-hybridized carbons (Fsp3) is 0.300. The Bertz CT molecular complexity index is 380. The van der Waals surface area contributed by atoms with Gasteiger partial charge in [0.1, 0.15) is 5.75 Å². The molecule has 0 amide bonds. The number of ether oxygens (including phenoxy) is 1. The van der Waals surface area contributed by atoms with Crippen molar-refractivity contribution >= 4 is 21.8 Å². The van der Waals surface area contributed by atoms with Crippen LogP contribution in [0.25, 0.3) is 0 Å². The van der Waals surface area contributed by atoms with E-state index in [1.165, 1.54) is 0 Å². The molecule has 0 heterocycles. The Morgan fingerprint density at radius 3 is 2.80 bits per heavy atom. The highest BCUT2D eigenvalue weighted by atomic mass is 79.9. The quantitative estimate of drug-likeness (QED) is 0.384. The van der Waals surface area contributed by atoms with Gasteiger partial charge in [0.15, 0.2) is 11.9 Å². The number of oxime groups is 1. The van der Waals surface area contributed by atoms with Crippen molar-refractivity contribution in [1.29, 1.82) is 0 Å². The molecule has 3 N–H and O–H groups in total. The lowest BCUT2D eigenvalue weighted by Crippen LogP contribution is -2.31. The predicted molar refractivity (Wildman–Crippen MR) is 62.4 cm³/mol. The van der Waals surface area contributed by atoms with Crippen LogP contribution in [0, 0.1) is 6.92 Å². The van der Waals surface area contributed by atoms with Crippen LogP contribution in [-0.4, -0.2) is 17.1 Å². The van der Waals surface area contributed by atoms with E-state index in [1.807, 2.05) is 25.1 Å². The second-order valence-electron chi connectivity index (χ2n) is 3.22. The number of hydrogen-bond acceptors (Lipinski definition) is 3. The first-order valence-corrected chi connectivity index (χ1v) is 5.24. The number of benzene rings is 1. The van der Waals surface area contributed by atoms with E-state index < -0.39 is 6.10 Å². The fourth-order valence-corrected chi connectivity index (χ4v) is 1.62. The van der Waals surface area contributed by atoms with Crippen LogP contribution in [0.5, 0.6) is 5.75 Å². The van der Waals surface area contributed by atoms with E-state index in [0.29, 0.717) is 5.75 Å². The standard InChI is InChI=1S/C10H13BrN2O2/c1-6-3-4-9(8(11)5-6)15-7(2)10(12)13-14/h3-5,7,14H,1-2H3,(H2,12,13). The molecular weight excluding hydrogens is 260 g/mol. The third-order valence-corrected chi connectivity index (χ3v) is 2.54. The van der Waals surface area contributed by atoms with Crippen molar-refractivity contribution in [1.82, 2.24) is 0 Å². The molecule has 0 aliphatic carbocycles. The zero-order valence-corrected chi connectivity index (χ0v) is 10.2. The summed E-state index contributed by atoms with van der Waals surface area (Å²) in [6.45, 7) is 3.70. The Kier molecular flexibility index (Phi) is 3.96. The average molecular weight is 273 g/mol. The molecule has 1 rings (SSSR count). The van der Waals surface area contributed by atoms with Gasteiger partial charge >= 0.3 is 0 Å². The molecule has 0 aromatic heterocycles. The summed E-state index contributed by atoms with van der Waals surface area (Å²) in [7, 11) is 0. The van der Waals surface area contributed by atoms with Crippen LogP contribution in [0.2, 0.25) is 0 Å². The number of nitrogens with two attached hydrogens (primary N) is 1. The maximum Gasteiger partial charge on any atom is 0.180 e. The number of aryl methyl sites for hydroxylation is 1. The van der Waals surface area contributed by atoms with Gasteiger partial charge in [0, 0.05) is 0 Å². The zero-order valence-electron chi connectivity index (χ0n) is 8.57. The summed E-state index contributed by atoms with van der Waals surface area (Å²) in [6, 6.07) is 5.70. The molecule has 82 valence electrons. The van der Waals surface area contributed by atoms with Crippen LogP contribution in [0.4, 0.5) is 0 Å². The van der Waals surface area contributed by atoms with Crippen LogP contribution >= 0.6 is 15.9 Å². The highest BCUT2D eigenvalue weighted by Gasteiger charge is 2.11. The minimum absolute atomic E-state index is 0.0440. The molecule has 0 aliphatic rings. The van der Waals surface area contributed by atoms with E-state index >= 15 is 0 Å². The first-order chi connectivity index (χ1) is 7.04. The highest BCUT2D eigenvalue weighted by molar-refractivity contribution is 9.10. The van der Waals surface area contributed by atoms with Gasteiger partial charge in [-0.2, -0.15) is 0 Å². The van der Waals surface area contributed by atoms with Crippen LogP contribution in [0.3, 0.4) is 0 Å².